The third-order valence-electron chi connectivity index (χ3n) is 4.54. The molecule has 26 heavy (non-hydrogen) atoms. The quantitative estimate of drug-likeness (QED) is 0.816. The van der Waals surface area contributed by atoms with Gasteiger partial charge >= 0.3 is 0 Å². The van der Waals surface area contributed by atoms with E-state index in [-0.39, 0.29) is 5.92 Å². The predicted octanol–water partition coefficient (Wildman–Crippen LogP) is 2.91. The fourth-order valence-corrected chi connectivity index (χ4v) is 3.74. The summed E-state index contributed by atoms with van der Waals surface area (Å²) in [5.74, 6) is -1.08. The van der Waals surface area contributed by atoms with Crippen molar-refractivity contribution in [2.75, 3.05) is 0 Å². The third-order valence-corrected chi connectivity index (χ3v) is 5.08. The average Bonchev–Trinajstić information content (AvgIpc) is 3.14. The molecular weight excluding hydrogens is 375 g/mol. The van der Waals surface area contributed by atoms with Crippen LogP contribution < -0.4 is 11.1 Å². The fourth-order valence-electron chi connectivity index (χ4n) is 3.25. The van der Waals surface area contributed by atoms with Gasteiger partial charge in [0.1, 0.15) is 6.04 Å². The van der Waals surface area contributed by atoms with Crippen LogP contribution in [-0.2, 0) is 17.6 Å². The molecule has 0 saturated heterocycles. The van der Waals surface area contributed by atoms with Gasteiger partial charge in [0.15, 0.2) is 5.69 Å². The molecular formula is C18H20Cl2N4O2. The Kier molecular flexibility index (Phi) is 5.25. The van der Waals surface area contributed by atoms with Crippen molar-refractivity contribution in [3.05, 3.63) is 45.2 Å². The lowest BCUT2D eigenvalue weighted by Crippen LogP contribution is -2.48. The molecule has 0 fully saturated rings. The Hall–Kier alpha value is -2.05. The summed E-state index contributed by atoms with van der Waals surface area (Å²) in [5, 5.41) is 8.18. The topological polar surface area (TPSA) is 90.0 Å². The Morgan fingerprint density at radius 1 is 1.27 bits per heavy atom. The summed E-state index contributed by atoms with van der Waals surface area (Å²) in [5.41, 5.74) is 8.23. The summed E-state index contributed by atoms with van der Waals surface area (Å²) < 4.78 is 1.70. The highest BCUT2D eigenvalue weighted by Gasteiger charge is 2.30. The highest BCUT2D eigenvalue weighted by molar-refractivity contribution is 6.35. The smallest absolute Gasteiger partial charge is 0.272 e. The van der Waals surface area contributed by atoms with E-state index in [9.17, 15) is 9.59 Å². The summed E-state index contributed by atoms with van der Waals surface area (Å²) in [6.07, 6.45) is 2.49. The van der Waals surface area contributed by atoms with Gasteiger partial charge in [-0.25, -0.2) is 4.68 Å². The molecule has 0 aliphatic heterocycles. The second kappa shape index (κ2) is 7.29. The van der Waals surface area contributed by atoms with E-state index in [1.54, 1.807) is 22.9 Å². The van der Waals surface area contributed by atoms with E-state index in [1.807, 2.05) is 13.8 Å². The zero-order valence-electron chi connectivity index (χ0n) is 14.6. The van der Waals surface area contributed by atoms with Crippen LogP contribution in [0, 0.1) is 5.92 Å². The largest absolute Gasteiger partial charge is 0.368 e. The second-order valence-corrected chi connectivity index (χ2v) is 7.58. The Bertz CT molecular complexity index is 876. The van der Waals surface area contributed by atoms with E-state index in [2.05, 4.69) is 10.4 Å². The van der Waals surface area contributed by atoms with Crippen LogP contribution >= 0.6 is 23.2 Å². The standard InChI is InChI=1S/C18H20Cl2N4O2/c1-9(2)15(17(21)25)22-18(26)16-11-4-3-5-13(11)24(23-16)14-7-6-10(19)8-12(14)20/h6-9,15H,3-5H2,1-2H3,(H2,21,25)(H,22,26)/t15-/m1/s1. The SMILES string of the molecule is CC(C)[C@@H](NC(=O)c1nn(-c2ccc(Cl)cc2Cl)c2c1CCC2)C(N)=O. The first-order valence-corrected chi connectivity index (χ1v) is 9.21. The van der Waals surface area contributed by atoms with Crippen LogP contribution in [0.5, 0.6) is 0 Å². The number of amides is 2. The average molecular weight is 395 g/mol. The maximum atomic E-state index is 12.8. The van der Waals surface area contributed by atoms with Crippen molar-refractivity contribution in [3.63, 3.8) is 0 Å². The van der Waals surface area contributed by atoms with E-state index < -0.39 is 17.9 Å². The van der Waals surface area contributed by atoms with E-state index in [0.717, 1.165) is 30.5 Å². The molecule has 2 amide bonds. The number of benzene rings is 1. The lowest BCUT2D eigenvalue weighted by molar-refractivity contribution is -0.120. The number of nitrogens with two attached hydrogens (primary N) is 1. The van der Waals surface area contributed by atoms with Gasteiger partial charge in [0.05, 0.1) is 10.7 Å². The number of primary amides is 1. The fraction of sp³-hybridized carbons (Fsp3) is 0.389. The van der Waals surface area contributed by atoms with E-state index in [1.165, 1.54) is 0 Å². The number of rotatable bonds is 5. The Morgan fingerprint density at radius 2 is 2.00 bits per heavy atom. The molecule has 0 spiro atoms. The normalized spacial score (nSPS) is 14.3. The van der Waals surface area contributed by atoms with Crippen molar-refractivity contribution in [1.82, 2.24) is 15.1 Å². The van der Waals surface area contributed by atoms with Gasteiger partial charge in [-0.3, -0.25) is 9.59 Å². The van der Waals surface area contributed by atoms with Gasteiger partial charge in [-0.05, 0) is 43.4 Å². The molecule has 138 valence electrons. The van der Waals surface area contributed by atoms with Gasteiger partial charge in [0.25, 0.3) is 5.91 Å². The maximum Gasteiger partial charge on any atom is 0.272 e. The van der Waals surface area contributed by atoms with Crippen molar-refractivity contribution in [3.8, 4) is 5.69 Å². The van der Waals surface area contributed by atoms with Crippen LogP contribution in [0.1, 0.15) is 42.0 Å². The van der Waals surface area contributed by atoms with Crippen LogP contribution in [0.15, 0.2) is 18.2 Å². The molecule has 2 aromatic rings. The molecule has 3 rings (SSSR count). The first kappa shape index (κ1) is 18.7. The zero-order valence-corrected chi connectivity index (χ0v) is 16.1. The lowest BCUT2D eigenvalue weighted by atomic mass is 10.0. The number of hydrogen-bond acceptors (Lipinski definition) is 3. The van der Waals surface area contributed by atoms with Crippen molar-refractivity contribution in [2.24, 2.45) is 11.7 Å². The first-order chi connectivity index (χ1) is 12.3. The monoisotopic (exact) mass is 394 g/mol. The minimum Gasteiger partial charge on any atom is -0.368 e. The summed E-state index contributed by atoms with van der Waals surface area (Å²) in [7, 11) is 0. The number of nitrogens with zero attached hydrogens (tertiary/aromatic N) is 2. The molecule has 1 aliphatic rings. The molecule has 0 saturated carbocycles. The van der Waals surface area contributed by atoms with E-state index in [0.29, 0.717) is 21.4 Å². The minimum atomic E-state index is -0.746. The Labute approximate surface area is 161 Å². The van der Waals surface area contributed by atoms with Gasteiger partial charge in [0, 0.05) is 16.3 Å². The first-order valence-electron chi connectivity index (χ1n) is 8.46. The summed E-state index contributed by atoms with van der Waals surface area (Å²) in [6, 6.07) is 4.40. The molecule has 8 heteroatoms. The lowest BCUT2D eigenvalue weighted by Gasteiger charge is -2.18. The molecule has 0 radical (unpaired) electrons. The molecule has 6 nitrogen and oxygen atoms in total. The van der Waals surface area contributed by atoms with Crippen LogP contribution in [0.25, 0.3) is 5.69 Å². The molecule has 1 aromatic heterocycles. The van der Waals surface area contributed by atoms with Crippen LogP contribution in [0.2, 0.25) is 10.0 Å². The van der Waals surface area contributed by atoms with Gasteiger partial charge in [0.2, 0.25) is 5.91 Å². The summed E-state index contributed by atoms with van der Waals surface area (Å²) in [6.45, 7) is 3.65. The second-order valence-electron chi connectivity index (χ2n) is 6.73. The van der Waals surface area contributed by atoms with Crippen molar-refractivity contribution in [1.29, 1.82) is 0 Å². The molecule has 1 aliphatic carbocycles. The van der Waals surface area contributed by atoms with Gasteiger partial charge in [-0.15, -0.1) is 0 Å². The van der Waals surface area contributed by atoms with Gasteiger partial charge in [-0.1, -0.05) is 37.0 Å². The number of halogens is 2. The van der Waals surface area contributed by atoms with E-state index >= 15 is 0 Å². The Morgan fingerprint density at radius 3 is 2.62 bits per heavy atom. The number of nitrogens with one attached hydrogen (secondary N) is 1. The highest BCUT2D eigenvalue weighted by atomic mass is 35.5. The Balaban J connectivity index is 2.00. The molecule has 0 bridgehead atoms. The minimum absolute atomic E-state index is 0.114. The van der Waals surface area contributed by atoms with E-state index in [4.69, 9.17) is 28.9 Å². The van der Waals surface area contributed by atoms with Crippen molar-refractivity contribution in [2.45, 2.75) is 39.2 Å². The van der Waals surface area contributed by atoms with Gasteiger partial charge < -0.3 is 11.1 Å². The highest BCUT2D eigenvalue weighted by Crippen LogP contribution is 2.31. The van der Waals surface area contributed by atoms with Crippen LogP contribution in [-0.4, -0.2) is 27.6 Å². The predicted molar refractivity (Wildman–Crippen MR) is 101 cm³/mol. The molecule has 0 unspecified atom stereocenters. The maximum absolute atomic E-state index is 12.8. The number of carbonyl (C=O) groups excluding carboxylic acids is 2. The van der Waals surface area contributed by atoms with Crippen molar-refractivity contribution < 1.29 is 9.59 Å². The third kappa shape index (κ3) is 3.44. The zero-order chi connectivity index (χ0) is 19.0. The number of fused-ring (bicyclic) bond motifs is 1. The van der Waals surface area contributed by atoms with Crippen LogP contribution in [0.4, 0.5) is 0 Å². The molecule has 1 aromatic carbocycles. The summed E-state index contributed by atoms with van der Waals surface area (Å²) in [4.78, 5) is 24.4. The summed E-state index contributed by atoms with van der Waals surface area (Å²) >= 11 is 12.3. The number of carbonyl (C=O) groups is 2. The van der Waals surface area contributed by atoms with Crippen LogP contribution in [0.3, 0.4) is 0 Å². The molecule has 3 N–H and O–H groups in total. The number of hydrogen-bond donors (Lipinski definition) is 2. The van der Waals surface area contributed by atoms with Gasteiger partial charge in [-0.2, -0.15) is 5.10 Å². The molecule has 1 heterocycles. The number of aromatic nitrogens is 2. The molecule has 1 atom stereocenters. The van der Waals surface area contributed by atoms with Crippen molar-refractivity contribution >= 4 is 35.0 Å².